The number of aromatic nitrogens is 2. The third kappa shape index (κ3) is 2.33. The Kier molecular flexibility index (Phi) is 2.93. The number of benzene rings is 1. The fourth-order valence-corrected chi connectivity index (χ4v) is 1.61. The van der Waals surface area contributed by atoms with Gasteiger partial charge in [-0.2, -0.15) is 4.98 Å². The summed E-state index contributed by atoms with van der Waals surface area (Å²) in [5, 5.41) is 4.56. The first kappa shape index (κ1) is 12.1. The molecule has 0 bridgehead atoms. The topological polar surface area (TPSA) is 64.9 Å². The number of rotatable bonds is 2. The van der Waals surface area contributed by atoms with Gasteiger partial charge in [-0.25, -0.2) is 0 Å². The molecule has 0 saturated carbocycles. The molecule has 1 heterocycles. The van der Waals surface area contributed by atoms with Crippen molar-refractivity contribution in [3.05, 3.63) is 34.6 Å². The van der Waals surface area contributed by atoms with Crippen molar-refractivity contribution >= 4 is 11.6 Å². The number of hydrogen-bond donors (Lipinski definition) is 1. The van der Waals surface area contributed by atoms with E-state index in [9.17, 15) is 0 Å². The van der Waals surface area contributed by atoms with E-state index in [-0.39, 0.29) is 0 Å². The lowest BCUT2D eigenvalue weighted by Gasteiger charge is -2.11. The van der Waals surface area contributed by atoms with Gasteiger partial charge in [-0.15, -0.1) is 0 Å². The van der Waals surface area contributed by atoms with Crippen molar-refractivity contribution in [3.8, 4) is 11.5 Å². The molecule has 1 aromatic heterocycles. The van der Waals surface area contributed by atoms with E-state index in [0.717, 1.165) is 11.1 Å². The summed E-state index contributed by atoms with van der Waals surface area (Å²) in [4.78, 5) is 4.29. The Balaban J connectivity index is 2.48. The average Bonchev–Trinajstić information content (AvgIpc) is 2.70. The molecular formula is C12H14ClN3O. The largest absolute Gasteiger partial charge is 0.334 e. The van der Waals surface area contributed by atoms with Gasteiger partial charge in [0, 0.05) is 10.6 Å². The molecule has 5 heteroatoms. The van der Waals surface area contributed by atoms with Gasteiger partial charge in [0.25, 0.3) is 5.89 Å². The van der Waals surface area contributed by atoms with Crippen LogP contribution in [0.5, 0.6) is 0 Å². The summed E-state index contributed by atoms with van der Waals surface area (Å²) in [5.41, 5.74) is 7.04. The van der Waals surface area contributed by atoms with Gasteiger partial charge in [0.2, 0.25) is 0 Å². The molecule has 0 amide bonds. The summed E-state index contributed by atoms with van der Waals surface area (Å²) in [7, 11) is 0. The molecule has 2 N–H and O–H groups in total. The van der Waals surface area contributed by atoms with Crippen LogP contribution in [0.4, 0.5) is 0 Å². The lowest BCUT2D eigenvalue weighted by molar-refractivity contribution is 0.397. The predicted molar refractivity (Wildman–Crippen MR) is 66.7 cm³/mol. The van der Waals surface area contributed by atoms with E-state index < -0.39 is 5.54 Å². The molecule has 17 heavy (non-hydrogen) atoms. The van der Waals surface area contributed by atoms with Crippen molar-refractivity contribution in [3.63, 3.8) is 0 Å². The molecule has 0 aliphatic heterocycles. The summed E-state index contributed by atoms with van der Waals surface area (Å²) in [6.45, 7) is 5.56. The molecule has 0 aliphatic rings. The van der Waals surface area contributed by atoms with Crippen LogP contribution in [-0.4, -0.2) is 10.1 Å². The molecule has 4 nitrogen and oxygen atoms in total. The normalized spacial score (nSPS) is 11.8. The standard InChI is InChI=1S/C12H14ClN3O/c1-7-8(5-4-6-9(7)13)10-15-11(16-17-10)12(2,3)14/h4-6H,14H2,1-3H3. The highest BCUT2D eigenvalue weighted by Crippen LogP contribution is 2.28. The van der Waals surface area contributed by atoms with E-state index in [4.69, 9.17) is 21.9 Å². The van der Waals surface area contributed by atoms with Crippen molar-refractivity contribution < 1.29 is 4.52 Å². The summed E-state index contributed by atoms with van der Waals surface area (Å²) in [6, 6.07) is 5.56. The first-order valence-corrected chi connectivity index (χ1v) is 5.66. The molecule has 1 aromatic carbocycles. The van der Waals surface area contributed by atoms with Crippen LogP contribution < -0.4 is 5.73 Å². The quantitative estimate of drug-likeness (QED) is 0.891. The maximum Gasteiger partial charge on any atom is 0.258 e. The van der Waals surface area contributed by atoms with Gasteiger partial charge < -0.3 is 10.3 Å². The van der Waals surface area contributed by atoms with E-state index in [0.29, 0.717) is 16.7 Å². The lowest BCUT2D eigenvalue weighted by Crippen LogP contribution is -2.30. The SMILES string of the molecule is Cc1c(Cl)cccc1-c1nc(C(C)(C)N)no1. The maximum absolute atomic E-state index is 6.05. The molecule has 0 spiro atoms. The second-order valence-corrected chi connectivity index (χ2v) is 4.96. The monoisotopic (exact) mass is 251 g/mol. The maximum atomic E-state index is 6.05. The zero-order valence-electron chi connectivity index (χ0n) is 9.99. The second kappa shape index (κ2) is 4.13. The van der Waals surface area contributed by atoms with Crippen LogP contribution in [0.1, 0.15) is 25.2 Å². The van der Waals surface area contributed by atoms with Crippen LogP contribution in [-0.2, 0) is 5.54 Å². The molecule has 90 valence electrons. The first-order valence-electron chi connectivity index (χ1n) is 5.28. The van der Waals surface area contributed by atoms with Crippen molar-refractivity contribution in [2.75, 3.05) is 0 Å². The van der Waals surface area contributed by atoms with Gasteiger partial charge in [-0.3, -0.25) is 0 Å². The fraction of sp³-hybridized carbons (Fsp3) is 0.333. The number of nitrogens with zero attached hydrogens (tertiary/aromatic N) is 2. The van der Waals surface area contributed by atoms with Gasteiger partial charge in [0.05, 0.1) is 5.54 Å². The zero-order chi connectivity index (χ0) is 12.6. The minimum Gasteiger partial charge on any atom is -0.334 e. The van der Waals surface area contributed by atoms with Crippen molar-refractivity contribution in [1.29, 1.82) is 0 Å². The van der Waals surface area contributed by atoms with E-state index in [1.54, 1.807) is 0 Å². The van der Waals surface area contributed by atoms with Crippen LogP contribution in [0.25, 0.3) is 11.5 Å². The predicted octanol–water partition coefficient (Wildman–Crippen LogP) is 2.89. The number of nitrogens with two attached hydrogens (primary N) is 1. The first-order chi connectivity index (χ1) is 7.89. The van der Waals surface area contributed by atoms with Crippen molar-refractivity contribution in [2.45, 2.75) is 26.3 Å². The number of hydrogen-bond acceptors (Lipinski definition) is 4. The molecule has 2 aromatic rings. The molecule has 0 saturated heterocycles. The Bertz CT molecular complexity index is 543. The fourth-order valence-electron chi connectivity index (χ4n) is 1.43. The highest BCUT2D eigenvalue weighted by Gasteiger charge is 2.22. The molecule has 0 radical (unpaired) electrons. The zero-order valence-corrected chi connectivity index (χ0v) is 10.7. The van der Waals surface area contributed by atoms with E-state index >= 15 is 0 Å². The van der Waals surface area contributed by atoms with Gasteiger partial charge in [-0.05, 0) is 38.5 Å². The van der Waals surface area contributed by atoms with Crippen molar-refractivity contribution in [2.24, 2.45) is 5.73 Å². The smallest absolute Gasteiger partial charge is 0.258 e. The summed E-state index contributed by atoms with van der Waals surface area (Å²) < 4.78 is 5.21. The average molecular weight is 252 g/mol. The van der Waals surface area contributed by atoms with Crippen LogP contribution in [0.3, 0.4) is 0 Å². The summed E-state index contributed by atoms with van der Waals surface area (Å²) in [6.07, 6.45) is 0. The van der Waals surface area contributed by atoms with Crippen LogP contribution >= 0.6 is 11.6 Å². The Morgan fingerprint density at radius 3 is 2.65 bits per heavy atom. The minimum atomic E-state index is -0.617. The third-order valence-corrected chi connectivity index (χ3v) is 2.91. The van der Waals surface area contributed by atoms with E-state index in [2.05, 4.69) is 10.1 Å². The third-order valence-electron chi connectivity index (χ3n) is 2.50. The van der Waals surface area contributed by atoms with Crippen LogP contribution in [0, 0.1) is 6.92 Å². The van der Waals surface area contributed by atoms with Gasteiger partial charge in [-0.1, -0.05) is 22.8 Å². The Morgan fingerprint density at radius 2 is 2.06 bits per heavy atom. The van der Waals surface area contributed by atoms with Gasteiger partial charge >= 0.3 is 0 Å². The van der Waals surface area contributed by atoms with Gasteiger partial charge in [0.15, 0.2) is 5.82 Å². The molecule has 0 unspecified atom stereocenters. The Morgan fingerprint density at radius 1 is 1.35 bits per heavy atom. The summed E-state index contributed by atoms with van der Waals surface area (Å²) in [5.74, 6) is 0.922. The van der Waals surface area contributed by atoms with Crippen molar-refractivity contribution in [1.82, 2.24) is 10.1 Å². The molecule has 0 aliphatic carbocycles. The summed E-state index contributed by atoms with van der Waals surface area (Å²) >= 11 is 6.05. The highest BCUT2D eigenvalue weighted by atomic mass is 35.5. The van der Waals surface area contributed by atoms with E-state index in [1.807, 2.05) is 39.0 Å². The number of halogens is 1. The Labute approximate surface area is 105 Å². The second-order valence-electron chi connectivity index (χ2n) is 4.56. The molecular weight excluding hydrogens is 238 g/mol. The molecule has 2 rings (SSSR count). The van der Waals surface area contributed by atoms with Crippen LogP contribution in [0.15, 0.2) is 22.7 Å². The van der Waals surface area contributed by atoms with Gasteiger partial charge in [0.1, 0.15) is 0 Å². The highest BCUT2D eigenvalue weighted by molar-refractivity contribution is 6.31. The minimum absolute atomic E-state index is 0.443. The molecule has 0 atom stereocenters. The molecule has 0 fully saturated rings. The Hall–Kier alpha value is -1.39. The lowest BCUT2D eigenvalue weighted by atomic mass is 10.1. The van der Waals surface area contributed by atoms with E-state index in [1.165, 1.54) is 0 Å². The van der Waals surface area contributed by atoms with Crippen LogP contribution in [0.2, 0.25) is 5.02 Å².